The summed E-state index contributed by atoms with van der Waals surface area (Å²) in [4.78, 5) is 22.7. The van der Waals surface area contributed by atoms with E-state index < -0.39 is 5.92 Å². The Morgan fingerprint density at radius 2 is 1.83 bits per heavy atom. The van der Waals surface area contributed by atoms with E-state index in [-0.39, 0.29) is 29.3 Å². The van der Waals surface area contributed by atoms with Crippen LogP contribution in [-0.2, 0) is 23.6 Å². The lowest BCUT2D eigenvalue weighted by atomic mass is 9.99. The van der Waals surface area contributed by atoms with Gasteiger partial charge in [0.1, 0.15) is 5.78 Å². The Morgan fingerprint density at radius 1 is 1.12 bits per heavy atom. The number of halogens is 3. The molecule has 224 valence electrons. The number of ketones is 1. The Kier molecular flexibility index (Phi) is 10.9. The van der Waals surface area contributed by atoms with Crippen molar-refractivity contribution in [1.29, 1.82) is 0 Å². The van der Waals surface area contributed by atoms with E-state index in [1.807, 2.05) is 30.0 Å². The molecule has 2 aromatic rings. The molecule has 4 rings (SSSR count). The van der Waals surface area contributed by atoms with Gasteiger partial charge in [-0.05, 0) is 99.7 Å². The number of rotatable bonds is 15. The van der Waals surface area contributed by atoms with Gasteiger partial charge in [-0.15, -0.1) is 0 Å². The van der Waals surface area contributed by atoms with Crippen LogP contribution in [0.5, 0.6) is 0 Å². The number of carbonyl (C=O) groups is 1. The third kappa shape index (κ3) is 8.28. The maximum Gasteiger partial charge on any atom is 0.292 e. The van der Waals surface area contributed by atoms with Crippen molar-refractivity contribution in [3.05, 3.63) is 101 Å². The van der Waals surface area contributed by atoms with Crippen molar-refractivity contribution in [2.75, 3.05) is 6.54 Å². The molecule has 2 heterocycles. The Hall–Kier alpha value is -3.52. The summed E-state index contributed by atoms with van der Waals surface area (Å²) in [5, 5.41) is 0. The Labute approximate surface area is 247 Å². The number of alkyl halides is 2. The summed E-state index contributed by atoms with van der Waals surface area (Å²) >= 11 is 0. The number of unbranched alkanes of at least 4 members (excludes halogenated alkanes) is 1. The summed E-state index contributed by atoms with van der Waals surface area (Å²) in [5.74, 6) is -3.02. The van der Waals surface area contributed by atoms with Crippen molar-refractivity contribution in [2.24, 2.45) is 10.7 Å². The van der Waals surface area contributed by atoms with Crippen molar-refractivity contribution in [2.45, 2.75) is 89.1 Å². The van der Waals surface area contributed by atoms with Crippen LogP contribution in [0, 0.1) is 0 Å². The number of aromatic nitrogens is 1. The van der Waals surface area contributed by atoms with E-state index >= 15 is 4.39 Å². The minimum absolute atomic E-state index is 0.128. The topological polar surface area (TPSA) is 71.6 Å². The lowest BCUT2D eigenvalue weighted by molar-refractivity contribution is -0.118. The van der Waals surface area contributed by atoms with Gasteiger partial charge >= 0.3 is 0 Å². The smallest absolute Gasteiger partial charge is 0.292 e. The standard InChI is InChI=1S/C34H41F3N4O/c1-3-34(36,37)28-15-18-31(40-23-28)24(2)41(29-16-17-29)33-32(35)27(10-6-7-21-39-33)9-5-4-8-25-11-13-26(14-12-25)22-30(42)19-20-38/h3,10-15,18,21,23-24,29H,1,4-9,16-17,19-20,22,38H2,2H3/b27-10-,33-32?,39-21?. The first kappa shape index (κ1) is 31.4. The maximum atomic E-state index is 16.2. The molecule has 8 heteroatoms. The summed E-state index contributed by atoms with van der Waals surface area (Å²) in [6.07, 6.45) is 12.8. The third-order valence-corrected chi connectivity index (χ3v) is 7.85. The number of Topliss-reactive ketones (excluding diaryl/α,β-unsaturated/α-hetero) is 1. The lowest BCUT2D eigenvalue weighted by Gasteiger charge is -2.32. The van der Waals surface area contributed by atoms with Crippen molar-refractivity contribution >= 4 is 12.0 Å². The van der Waals surface area contributed by atoms with Crippen LogP contribution < -0.4 is 5.73 Å². The number of hydrogen-bond donors (Lipinski definition) is 1. The van der Waals surface area contributed by atoms with E-state index in [0.717, 1.165) is 50.5 Å². The molecule has 42 heavy (non-hydrogen) atoms. The molecule has 1 atom stereocenters. The molecule has 2 aliphatic rings. The molecule has 0 radical (unpaired) electrons. The molecule has 0 amide bonds. The molecule has 2 N–H and O–H groups in total. The molecule has 5 nitrogen and oxygen atoms in total. The zero-order chi connectivity index (χ0) is 30.1. The van der Waals surface area contributed by atoms with Crippen LogP contribution in [0.2, 0.25) is 0 Å². The van der Waals surface area contributed by atoms with Gasteiger partial charge in [-0.25, -0.2) is 9.38 Å². The Bertz CT molecular complexity index is 1310. The number of aryl methyl sites for hydroxylation is 1. The predicted molar refractivity (Wildman–Crippen MR) is 162 cm³/mol. The molecular weight excluding hydrogens is 537 g/mol. The lowest BCUT2D eigenvalue weighted by Crippen LogP contribution is -2.30. The maximum absolute atomic E-state index is 16.2. The van der Waals surface area contributed by atoms with Gasteiger partial charge in [0.05, 0.1) is 11.7 Å². The van der Waals surface area contributed by atoms with Crippen LogP contribution in [0.1, 0.15) is 86.7 Å². The first-order valence-electron chi connectivity index (χ1n) is 14.9. The molecule has 1 aliphatic carbocycles. The number of nitrogens with two attached hydrogens (primary N) is 1. The largest absolute Gasteiger partial charge is 0.343 e. The van der Waals surface area contributed by atoms with Gasteiger partial charge in [0.25, 0.3) is 5.92 Å². The van der Waals surface area contributed by atoms with Crippen molar-refractivity contribution < 1.29 is 18.0 Å². The van der Waals surface area contributed by atoms with Gasteiger partial charge in [-0.1, -0.05) is 36.9 Å². The molecule has 1 aromatic carbocycles. The number of nitrogens with zero attached hydrogens (tertiary/aromatic N) is 3. The molecule has 0 saturated heterocycles. The SMILES string of the molecule is C=CC(F)(F)c1ccc(C(C)N(C2=C(F)/C(CCCCc3ccc(CC(=O)CCN)cc3)=C\CCC=N2)C2CC2)nc1. The highest BCUT2D eigenvalue weighted by Crippen LogP contribution is 2.41. The van der Waals surface area contributed by atoms with Crippen molar-refractivity contribution in [1.82, 2.24) is 9.88 Å². The highest BCUT2D eigenvalue weighted by atomic mass is 19.3. The zero-order valence-corrected chi connectivity index (χ0v) is 24.4. The normalized spacial score (nSPS) is 17.7. The van der Waals surface area contributed by atoms with Gasteiger partial charge in [-0.3, -0.25) is 9.78 Å². The van der Waals surface area contributed by atoms with E-state index in [9.17, 15) is 13.6 Å². The average molecular weight is 579 g/mol. The summed E-state index contributed by atoms with van der Waals surface area (Å²) in [7, 11) is 0. The molecule has 1 aliphatic heterocycles. The van der Waals surface area contributed by atoms with Gasteiger partial charge < -0.3 is 10.6 Å². The van der Waals surface area contributed by atoms with Gasteiger partial charge in [0, 0.05) is 36.9 Å². The zero-order valence-electron chi connectivity index (χ0n) is 24.4. The van der Waals surface area contributed by atoms with E-state index in [1.165, 1.54) is 17.8 Å². The predicted octanol–water partition coefficient (Wildman–Crippen LogP) is 7.69. The number of hydrogen-bond acceptors (Lipinski definition) is 5. The van der Waals surface area contributed by atoms with Gasteiger partial charge in [0.2, 0.25) is 0 Å². The fourth-order valence-electron chi connectivity index (χ4n) is 5.25. The molecule has 1 fully saturated rings. The van der Waals surface area contributed by atoms with Crippen molar-refractivity contribution in [3.63, 3.8) is 0 Å². The molecule has 1 unspecified atom stereocenters. The number of pyridine rings is 1. The van der Waals surface area contributed by atoms with Gasteiger partial charge in [0.15, 0.2) is 11.6 Å². The van der Waals surface area contributed by atoms with Gasteiger partial charge in [-0.2, -0.15) is 8.78 Å². The van der Waals surface area contributed by atoms with E-state index in [4.69, 9.17) is 5.73 Å². The fraction of sp³-hybridized carbons (Fsp3) is 0.441. The minimum atomic E-state index is -3.16. The van der Waals surface area contributed by atoms with Crippen molar-refractivity contribution in [3.8, 4) is 0 Å². The quantitative estimate of drug-likeness (QED) is 0.174. The molecule has 0 spiro atoms. The number of allylic oxidation sites excluding steroid dienone is 4. The van der Waals surface area contributed by atoms with Crippen LogP contribution in [0.3, 0.4) is 0 Å². The summed E-state index contributed by atoms with van der Waals surface area (Å²) < 4.78 is 44.2. The van der Waals surface area contributed by atoms with Crippen LogP contribution in [0.25, 0.3) is 0 Å². The first-order valence-corrected chi connectivity index (χ1v) is 14.9. The van der Waals surface area contributed by atoms with E-state index in [2.05, 4.69) is 28.7 Å². The highest BCUT2D eigenvalue weighted by molar-refractivity contribution is 5.81. The second kappa shape index (κ2) is 14.6. The minimum Gasteiger partial charge on any atom is -0.343 e. The van der Waals surface area contributed by atoms with Crippen LogP contribution in [-0.4, -0.2) is 34.5 Å². The monoisotopic (exact) mass is 578 g/mol. The van der Waals surface area contributed by atoms with Crippen LogP contribution in [0.4, 0.5) is 13.2 Å². The average Bonchev–Trinajstić information content (AvgIpc) is 3.82. The fourth-order valence-corrected chi connectivity index (χ4v) is 5.25. The third-order valence-electron chi connectivity index (χ3n) is 7.85. The van der Waals surface area contributed by atoms with Crippen LogP contribution >= 0.6 is 0 Å². The Morgan fingerprint density at radius 3 is 2.48 bits per heavy atom. The summed E-state index contributed by atoms with van der Waals surface area (Å²) in [5.41, 5.74) is 8.68. The summed E-state index contributed by atoms with van der Waals surface area (Å²) in [6.45, 7) is 5.50. The molecule has 1 saturated carbocycles. The second-order valence-electron chi connectivity index (χ2n) is 11.1. The number of carbonyl (C=O) groups excluding carboxylic acids is 1. The Balaban J connectivity index is 1.42. The molecule has 1 aromatic heterocycles. The highest BCUT2D eigenvalue weighted by Gasteiger charge is 2.37. The van der Waals surface area contributed by atoms with Crippen LogP contribution in [0.15, 0.2) is 83.5 Å². The van der Waals surface area contributed by atoms with E-state index in [0.29, 0.717) is 49.0 Å². The second-order valence-corrected chi connectivity index (χ2v) is 11.1. The van der Waals surface area contributed by atoms with E-state index in [1.54, 1.807) is 12.3 Å². The first-order chi connectivity index (χ1) is 20.2. The molecular formula is C34H41F3N4O. The number of aliphatic imine (C=N–C) groups is 1. The number of benzene rings is 1. The summed E-state index contributed by atoms with van der Waals surface area (Å²) in [6, 6.07) is 10.8. The molecule has 0 bridgehead atoms.